The summed E-state index contributed by atoms with van der Waals surface area (Å²) in [6.07, 6.45) is -2.70. The molecule has 0 aromatic carbocycles. The molecule has 0 fully saturated rings. The van der Waals surface area contributed by atoms with Crippen LogP contribution >= 0.6 is 15.9 Å². The van der Waals surface area contributed by atoms with Crippen LogP contribution in [0.25, 0.3) is 0 Å². The van der Waals surface area contributed by atoms with Crippen LogP contribution in [0.5, 0.6) is 0 Å². The minimum atomic E-state index is -2.70. The summed E-state index contributed by atoms with van der Waals surface area (Å²) in [5.74, 6) is 0. The van der Waals surface area contributed by atoms with Gasteiger partial charge in [0.2, 0.25) is 0 Å². The van der Waals surface area contributed by atoms with Crippen LogP contribution in [-0.4, -0.2) is 4.98 Å². The Hall–Kier alpha value is -1.22. The van der Waals surface area contributed by atoms with E-state index >= 15 is 0 Å². The fourth-order valence-corrected chi connectivity index (χ4v) is 1.23. The molecule has 0 amide bonds. The van der Waals surface area contributed by atoms with Crippen LogP contribution in [0.3, 0.4) is 0 Å². The summed E-state index contributed by atoms with van der Waals surface area (Å²) < 4.78 is 24.7. The van der Waals surface area contributed by atoms with Gasteiger partial charge in [0.1, 0.15) is 10.7 Å². The largest absolute Gasteiger partial charge is 0.396 e. The number of anilines is 1. The van der Waals surface area contributed by atoms with E-state index in [1.165, 1.54) is 0 Å². The fourth-order valence-electron chi connectivity index (χ4n) is 0.808. The smallest absolute Gasteiger partial charge is 0.266 e. The lowest BCUT2D eigenvalue weighted by atomic mass is 10.2. The van der Waals surface area contributed by atoms with E-state index < -0.39 is 6.43 Å². The minimum absolute atomic E-state index is 0.175. The molecule has 0 atom stereocenters. The van der Waals surface area contributed by atoms with Crippen molar-refractivity contribution >= 4 is 21.6 Å². The first-order chi connectivity index (χ1) is 6.06. The number of aromatic nitrogens is 1. The second-order valence-corrected chi connectivity index (χ2v) is 3.02. The molecule has 0 spiro atoms. The SMILES string of the molecule is N#Cc1nc(Br)cc(C(F)F)c1N. The molecule has 0 aliphatic rings. The van der Waals surface area contributed by atoms with Gasteiger partial charge in [-0.05, 0) is 22.0 Å². The third kappa shape index (κ3) is 1.92. The first kappa shape index (κ1) is 9.86. The number of alkyl halides is 2. The number of nitrogens with zero attached hydrogens (tertiary/aromatic N) is 2. The molecule has 1 aromatic rings. The van der Waals surface area contributed by atoms with E-state index in [1.54, 1.807) is 6.07 Å². The Balaban J connectivity index is 3.38. The van der Waals surface area contributed by atoms with Crippen molar-refractivity contribution in [1.29, 1.82) is 5.26 Å². The molecule has 1 rings (SSSR count). The molecule has 68 valence electrons. The first-order valence-electron chi connectivity index (χ1n) is 3.20. The molecular weight excluding hydrogens is 244 g/mol. The highest BCUT2D eigenvalue weighted by Crippen LogP contribution is 2.28. The maximum absolute atomic E-state index is 12.3. The Kier molecular flexibility index (Phi) is 2.78. The zero-order valence-corrected chi connectivity index (χ0v) is 7.85. The van der Waals surface area contributed by atoms with E-state index in [2.05, 4.69) is 20.9 Å². The van der Waals surface area contributed by atoms with Crippen molar-refractivity contribution in [2.45, 2.75) is 6.43 Å². The molecular formula is C7H4BrF2N3. The molecule has 0 aliphatic carbocycles. The minimum Gasteiger partial charge on any atom is -0.396 e. The summed E-state index contributed by atoms with van der Waals surface area (Å²) in [5, 5.41) is 8.49. The topological polar surface area (TPSA) is 62.7 Å². The molecule has 0 saturated carbocycles. The lowest BCUT2D eigenvalue weighted by Gasteiger charge is -2.05. The van der Waals surface area contributed by atoms with Gasteiger partial charge in [-0.1, -0.05) is 0 Å². The highest BCUT2D eigenvalue weighted by atomic mass is 79.9. The maximum atomic E-state index is 12.3. The molecule has 3 nitrogen and oxygen atoms in total. The van der Waals surface area contributed by atoms with Crippen LogP contribution in [-0.2, 0) is 0 Å². The summed E-state index contributed by atoms with van der Waals surface area (Å²) in [6, 6.07) is 2.73. The van der Waals surface area contributed by atoms with Crippen molar-refractivity contribution in [1.82, 2.24) is 4.98 Å². The Labute approximate surface area is 81.3 Å². The fraction of sp³-hybridized carbons (Fsp3) is 0.143. The summed E-state index contributed by atoms with van der Waals surface area (Å²) in [5.41, 5.74) is 4.45. The summed E-state index contributed by atoms with van der Waals surface area (Å²) in [7, 11) is 0. The summed E-state index contributed by atoms with van der Waals surface area (Å²) in [6.45, 7) is 0. The molecule has 1 heterocycles. The molecule has 13 heavy (non-hydrogen) atoms. The van der Waals surface area contributed by atoms with Crippen molar-refractivity contribution in [3.05, 3.63) is 21.9 Å². The molecule has 0 radical (unpaired) electrons. The number of halogens is 3. The van der Waals surface area contributed by atoms with Crippen molar-refractivity contribution in [3.8, 4) is 6.07 Å². The molecule has 0 unspecified atom stereocenters. The molecule has 0 bridgehead atoms. The van der Waals surface area contributed by atoms with E-state index in [4.69, 9.17) is 11.0 Å². The Morgan fingerprint density at radius 3 is 2.69 bits per heavy atom. The Bertz CT molecular complexity index is 373. The molecule has 6 heteroatoms. The number of hydrogen-bond donors (Lipinski definition) is 1. The van der Waals surface area contributed by atoms with Gasteiger partial charge in [0, 0.05) is 5.56 Å². The third-order valence-electron chi connectivity index (χ3n) is 1.40. The van der Waals surface area contributed by atoms with Gasteiger partial charge in [-0.3, -0.25) is 0 Å². The molecule has 0 aliphatic heterocycles. The van der Waals surface area contributed by atoms with Crippen molar-refractivity contribution in [2.75, 3.05) is 5.73 Å². The lowest BCUT2D eigenvalue weighted by Crippen LogP contribution is -2.01. The highest BCUT2D eigenvalue weighted by Gasteiger charge is 2.16. The average molecular weight is 248 g/mol. The van der Waals surface area contributed by atoms with Gasteiger partial charge >= 0.3 is 0 Å². The van der Waals surface area contributed by atoms with Gasteiger partial charge in [-0.15, -0.1) is 0 Å². The summed E-state index contributed by atoms with van der Waals surface area (Å²) in [4.78, 5) is 3.63. The number of rotatable bonds is 1. The number of nitrogens with two attached hydrogens (primary N) is 1. The standard InChI is InChI=1S/C7H4BrF2N3/c8-5-1-3(7(9)10)6(12)4(2-11)13-5/h1,7H,12H2. The number of hydrogen-bond acceptors (Lipinski definition) is 3. The van der Waals surface area contributed by atoms with Crippen LogP contribution in [0.1, 0.15) is 17.7 Å². The van der Waals surface area contributed by atoms with E-state index in [9.17, 15) is 8.78 Å². The van der Waals surface area contributed by atoms with Gasteiger partial charge < -0.3 is 5.73 Å². The van der Waals surface area contributed by atoms with Gasteiger partial charge in [-0.25, -0.2) is 13.8 Å². The summed E-state index contributed by atoms with van der Waals surface area (Å²) >= 11 is 2.91. The monoisotopic (exact) mass is 247 g/mol. The van der Waals surface area contributed by atoms with Crippen LogP contribution in [0.15, 0.2) is 10.7 Å². The van der Waals surface area contributed by atoms with Crippen molar-refractivity contribution in [2.24, 2.45) is 0 Å². The lowest BCUT2D eigenvalue weighted by molar-refractivity contribution is 0.152. The maximum Gasteiger partial charge on any atom is 0.266 e. The molecule has 2 N–H and O–H groups in total. The van der Waals surface area contributed by atoms with E-state index in [0.717, 1.165) is 6.07 Å². The first-order valence-corrected chi connectivity index (χ1v) is 3.99. The van der Waals surface area contributed by atoms with E-state index in [-0.39, 0.29) is 21.5 Å². The number of nitrogen functional groups attached to an aromatic ring is 1. The molecule has 1 aromatic heterocycles. The predicted molar refractivity (Wildman–Crippen MR) is 46.0 cm³/mol. The van der Waals surface area contributed by atoms with Crippen LogP contribution < -0.4 is 5.73 Å². The van der Waals surface area contributed by atoms with Crippen molar-refractivity contribution < 1.29 is 8.78 Å². The van der Waals surface area contributed by atoms with Gasteiger partial charge in [0.05, 0.1) is 5.69 Å². The van der Waals surface area contributed by atoms with Crippen LogP contribution in [0.2, 0.25) is 0 Å². The van der Waals surface area contributed by atoms with E-state index in [1.807, 2.05) is 0 Å². The quantitative estimate of drug-likeness (QED) is 0.775. The van der Waals surface area contributed by atoms with Crippen molar-refractivity contribution in [3.63, 3.8) is 0 Å². The third-order valence-corrected chi connectivity index (χ3v) is 1.81. The second-order valence-electron chi connectivity index (χ2n) is 2.21. The number of pyridine rings is 1. The Morgan fingerprint density at radius 2 is 2.23 bits per heavy atom. The Morgan fingerprint density at radius 1 is 1.62 bits per heavy atom. The van der Waals surface area contributed by atoms with Crippen LogP contribution in [0, 0.1) is 11.3 Å². The van der Waals surface area contributed by atoms with Gasteiger partial charge in [0.25, 0.3) is 6.43 Å². The second kappa shape index (κ2) is 3.66. The highest BCUT2D eigenvalue weighted by molar-refractivity contribution is 9.10. The van der Waals surface area contributed by atoms with Gasteiger partial charge in [-0.2, -0.15) is 5.26 Å². The zero-order valence-electron chi connectivity index (χ0n) is 6.26. The van der Waals surface area contributed by atoms with Gasteiger partial charge in [0.15, 0.2) is 5.69 Å². The normalized spacial score (nSPS) is 10.1. The van der Waals surface area contributed by atoms with Crippen LogP contribution in [0.4, 0.5) is 14.5 Å². The van der Waals surface area contributed by atoms with E-state index in [0.29, 0.717) is 0 Å². The predicted octanol–water partition coefficient (Wildman–Crippen LogP) is 2.24. The number of nitriles is 1. The molecule has 0 saturated heterocycles. The zero-order chi connectivity index (χ0) is 10.0. The average Bonchev–Trinajstić information content (AvgIpc) is 2.08.